The summed E-state index contributed by atoms with van der Waals surface area (Å²) in [7, 11) is 0. The van der Waals surface area contributed by atoms with Crippen LogP contribution < -0.4 is 11.1 Å². The summed E-state index contributed by atoms with van der Waals surface area (Å²) in [4.78, 5) is 20.7. The Hall–Kier alpha value is -2.59. The van der Waals surface area contributed by atoms with Crippen molar-refractivity contribution in [3.63, 3.8) is 0 Å². The first-order valence-electron chi connectivity index (χ1n) is 8.80. The molecule has 0 aliphatic carbocycles. The van der Waals surface area contributed by atoms with Crippen LogP contribution in [0.3, 0.4) is 0 Å². The summed E-state index contributed by atoms with van der Waals surface area (Å²) < 4.78 is 45.6. The third kappa shape index (κ3) is 3.69. The number of aliphatic imine (C=N–C) groups is 1. The second-order valence-corrected chi connectivity index (χ2v) is 7.86. The Morgan fingerprint density at radius 2 is 2.17 bits per heavy atom. The van der Waals surface area contributed by atoms with Crippen LogP contribution >= 0.6 is 11.8 Å². The van der Waals surface area contributed by atoms with Crippen molar-refractivity contribution in [3.05, 3.63) is 59.2 Å². The topological polar surface area (TPSA) is 89.6 Å². The molecule has 2 aliphatic rings. The molecule has 3 N–H and O–H groups in total. The monoisotopic (exact) mass is 422 g/mol. The smallest absolute Gasteiger partial charge is 0.274 e. The lowest BCUT2D eigenvalue weighted by molar-refractivity contribution is 0.102. The zero-order valence-corrected chi connectivity index (χ0v) is 15.9. The third-order valence-corrected chi connectivity index (χ3v) is 5.98. The number of fused-ring (bicyclic) bond motifs is 1. The fraction of sp³-hybridized carbons (Fsp3) is 0.316. The number of thioether (sulfide) groups is 1. The van der Waals surface area contributed by atoms with Gasteiger partial charge in [0.1, 0.15) is 17.1 Å². The summed E-state index contributed by atoms with van der Waals surface area (Å²) in [5.41, 5.74) is 5.28. The van der Waals surface area contributed by atoms with E-state index in [1.165, 1.54) is 36.0 Å². The lowest BCUT2D eigenvalue weighted by atomic mass is 9.81. The molecule has 0 bridgehead atoms. The number of amides is 1. The van der Waals surface area contributed by atoms with E-state index in [0.29, 0.717) is 28.8 Å². The van der Waals surface area contributed by atoms with E-state index in [4.69, 9.17) is 10.5 Å². The van der Waals surface area contributed by atoms with Gasteiger partial charge in [-0.25, -0.2) is 18.2 Å². The van der Waals surface area contributed by atoms with E-state index in [-0.39, 0.29) is 23.8 Å². The van der Waals surface area contributed by atoms with Gasteiger partial charge in [0.25, 0.3) is 12.3 Å². The lowest BCUT2D eigenvalue weighted by Crippen LogP contribution is -2.40. The van der Waals surface area contributed by atoms with Gasteiger partial charge in [-0.05, 0) is 30.3 Å². The van der Waals surface area contributed by atoms with E-state index in [9.17, 15) is 18.0 Å². The van der Waals surface area contributed by atoms with Crippen LogP contribution in [0.1, 0.15) is 28.0 Å². The van der Waals surface area contributed by atoms with Gasteiger partial charge < -0.3 is 15.8 Å². The molecule has 29 heavy (non-hydrogen) atoms. The Labute approximate surface area is 168 Å². The number of rotatable bonds is 4. The molecular weight excluding hydrogens is 405 g/mol. The van der Waals surface area contributed by atoms with Gasteiger partial charge in [-0.3, -0.25) is 9.78 Å². The van der Waals surface area contributed by atoms with Crippen molar-refractivity contribution in [2.45, 2.75) is 12.0 Å². The Morgan fingerprint density at radius 3 is 2.90 bits per heavy atom. The molecule has 0 spiro atoms. The number of alkyl halides is 2. The maximum Gasteiger partial charge on any atom is 0.274 e. The van der Waals surface area contributed by atoms with Crippen LogP contribution in [0.15, 0.2) is 41.5 Å². The third-order valence-electron chi connectivity index (χ3n) is 5.02. The maximum atomic E-state index is 14.7. The fourth-order valence-electron chi connectivity index (χ4n) is 3.49. The minimum atomic E-state index is -2.67. The number of nitrogens with zero attached hydrogens (tertiary/aromatic N) is 2. The number of amidine groups is 1. The zero-order chi connectivity index (χ0) is 20.6. The normalized spacial score (nSPS) is 23.6. The molecule has 0 saturated carbocycles. The summed E-state index contributed by atoms with van der Waals surface area (Å²) in [5.74, 6) is -0.446. The molecule has 6 nitrogen and oxygen atoms in total. The van der Waals surface area contributed by atoms with Crippen LogP contribution in [0, 0.1) is 11.7 Å². The molecule has 1 fully saturated rings. The van der Waals surface area contributed by atoms with Crippen LogP contribution in [-0.2, 0) is 10.3 Å². The Balaban J connectivity index is 1.62. The molecule has 1 aromatic heterocycles. The summed E-state index contributed by atoms with van der Waals surface area (Å²) in [5, 5.41) is 2.98. The van der Waals surface area contributed by atoms with Crippen LogP contribution in [0.25, 0.3) is 0 Å². The number of aromatic nitrogens is 1. The number of hydrogen-bond donors (Lipinski definition) is 2. The minimum absolute atomic E-state index is 0.0307. The fourth-order valence-corrected chi connectivity index (χ4v) is 4.46. The van der Waals surface area contributed by atoms with Crippen molar-refractivity contribution in [1.82, 2.24) is 4.98 Å². The van der Waals surface area contributed by atoms with Crippen LogP contribution in [-0.4, -0.2) is 35.0 Å². The zero-order valence-electron chi connectivity index (χ0n) is 15.1. The number of nitrogens with one attached hydrogen (secondary N) is 1. The van der Waals surface area contributed by atoms with E-state index < -0.39 is 23.7 Å². The molecule has 2 aliphatic heterocycles. The molecular formula is C19H17F3N4O2S. The van der Waals surface area contributed by atoms with Crippen molar-refractivity contribution in [3.8, 4) is 0 Å². The Bertz CT molecular complexity index is 970. The molecule has 2 atom stereocenters. The van der Waals surface area contributed by atoms with Gasteiger partial charge in [-0.1, -0.05) is 11.8 Å². The highest BCUT2D eigenvalue weighted by molar-refractivity contribution is 8.13. The second kappa shape index (κ2) is 7.68. The van der Waals surface area contributed by atoms with Crippen LogP contribution in [0.2, 0.25) is 0 Å². The van der Waals surface area contributed by atoms with Gasteiger partial charge in [0.15, 0.2) is 5.17 Å². The van der Waals surface area contributed by atoms with E-state index >= 15 is 0 Å². The quantitative estimate of drug-likeness (QED) is 0.789. The number of nitrogens with two attached hydrogens (primary N) is 1. The average molecular weight is 422 g/mol. The highest BCUT2D eigenvalue weighted by Gasteiger charge is 2.49. The maximum absolute atomic E-state index is 14.7. The summed E-state index contributed by atoms with van der Waals surface area (Å²) in [6, 6.07) is 6.52. The van der Waals surface area contributed by atoms with Crippen LogP contribution in [0.5, 0.6) is 0 Å². The molecule has 2 aromatic rings. The van der Waals surface area contributed by atoms with Gasteiger partial charge in [0, 0.05) is 34.7 Å². The predicted molar refractivity (Wildman–Crippen MR) is 104 cm³/mol. The van der Waals surface area contributed by atoms with Gasteiger partial charge in [0.2, 0.25) is 0 Å². The standard InChI is InChI=1S/C19H17F3N4O2S/c20-14-3-2-12(25-17(27)15-4-1-10(6-24-15)16(21)22)5-13(14)19-9-28-7-11(19)8-29-18(23)26-19/h1-6,11,16H,7-9H2,(H2,23,26)(H,25,27). The van der Waals surface area contributed by atoms with Gasteiger partial charge in [-0.15, -0.1) is 0 Å². The van der Waals surface area contributed by atoms with Gasteiger partial charge >= 0.3 is 0 Å². The highest BCUT2D eigenvalue weighted by atomic mass is 32.2. The second-order valence-electron chi connectivity index (χ2n) is 6.82. The highest BCUT2D eigenvalue weighted by Crippen LogP contribution is 2.45. The molecule has 1 saturated heterocycles. The number of benzene rings is 1. The molecule has 0 radical (unpaired) electrons. The van der Waals surface area contributed by atoms with Crippen molar-refractivity contribution in [1.29, 1.82) is 0 Å². The Morgan fingerprint density at radius 1 is 1.34 bits per heavy atom. The molecule has 4 rings (SSSR count). The number of carbonyl (C=O) groups is 1. The van der Waals surface area contributed by atoms with Crippen molar-refractivity contribution >= 4 is 28.5 Å². The number of pyridine rings is 1. The van der Waals surface area contributed by atoms with Gasteiger partial charge in [0.05, 0.1) is 13.2 Å². The van der Waals surface area contributed by atoms with Crippen molar-refractivity contribution in [2.24, 2.45) is 16.6 Å². The van der Waals surface area contributed by atoms with Gasteiger partial charge in [-0.2, -0.15) is 0 Å². The molecule has 1 aromatic carbocycles. The first-order chi connectivity index (χ1) is 13.9. The first kappa shape index (κ1) is 19.7. The number of carbonyl (C=O) groups excluding carboxylic acids is 1. The predicted octanol–water partition coefficient (Wildman–Crippen LogP) is 3.31. The lowest BCUT2D eigenvalue weighted by Gasteiger charge is -2.34. The molecule has 1 amide bonds. The van der Waals surface area contributed by atoms with E-state index in [1.807, 2.05) is 0 Å². The van der Waals surface area contributed by atoms with E-state index in [2.05, 4.69) is 15.3 Å². The average Bonchev–Trinajstić information content (AvgIpc) is 3.13. The minimum Gasteiger partial charge on any atom is -0.379 e. The number of halogens is 3. The van der Waals surface area contributed by atoms with Crippen molar-refractivity contribution in [2.75, 3.05) is 24.3 Å². The Kier molecular flexibility index (Phi) is 5.22. The first-order valence-corrected chi connectivity index (χ1v) is 9.79. The van der Waals surface area contributed by atoms with E-state index in [0.717, 1.165) is 12.3 Å². The van der Waals surface area contributed by atoms with Crippen LogP contribution in [0.4, 0.5) is 18.9 Å². The summed E-state index contributed by atoms with van der Waals surface area (Å²) >= 11 is 1.40. The van der Waals surface area contributed by atoms with E-state index in [1.54, 1.807) is 0 Å². The number of anilines is 1. The summed E-state index contributed by atoms with van der Waals surface area (Å²) in [6.07, 6.45) is -1.71. The number of ether oxygens (including phenoxy) is 1. The SMILES string of the molecule is NC1=NC2(c3cc(NC(=O)c4ccc(C(F)F)cn4)ccc3F)COCC2CS1. The summed E-state index contributed by atoms with van der Waals surface area (Å²) in [6.45, 7) is 0.643. The number of hydrogen-bond acceptors (Lipinski definition) is 6. The van der Waals surface area contributed by atoms with Crippen molar-refractivity contribution < 1.29 is 22.7 Å². The molecule has 152 valence electrons. The largest absolute Gasteiger partial charge is 0.379 e. The molecule has 3 heterocycles. The molecule has 2 unspecified atom stereocenters. The molecule has 10 heteroatoms.